The molecule has 5 heteroatoms. The number of benzene rings is 1. The van der Waals surface area contributed by atoms with Crippen LogP contribution in [0.5, 0.6) is 0 Å². The van der Waals surface area contributed by atoms with E-state index in [1.54, 1.807) is 0 Å². The predicted octanol–water partition coefficient (Wildman–Crippen LogP) is 0.634. The van der Waals surface area contributed by atoms with Crippen LogP contribution in [0.2, 0.25) is 0 Å². The number of likely N-dealkylation sites (N-methyl/N-ethyl adjacent to an activating group) is 1. The van der Waals surface area contributed by atoms with Gasteiger partial charge in [0, 0.05) is 13.0 Å². The molecule has 1 aliphatic heterocycles. The number of carboxylic acid groups (broad SMARTS) is 1. The van der Waals surface area contributed by atoms with Gasteiger partial charge < -0.3 is 15.3 Å². The minimum absolute atomic E-state index is 0.163. The van der Waals surface area contributed by atoms with E-state index in [1.165, 1.54) is 4.90 Å². The Kier molecular flexibility index (Phi) is 4.16. The summed E-state index contributed by atoms with van der Waals surface area (Å²) in [7, 11) is 0. The number of carbonyl (C=O) groups is 2. The quantitative estimate of drug-likeness (QED) is 0.835. The Labute approximate surface area is 112 Å². The van der Waals surface area contributed by atoms with Crippen molar-refractivity contribution in [3.05, 3.63) is 35.4 Å². The molecule has 0 saturated heterocycles. The minimum atomic E-state index is -0.945. The van der Waals surface area contributed by atoms with Crippen LogP contribution in [0.1, 0.15) is 18.1 Å². The van der Waals surface area contributed by atoms with Gasteiger partial charge in [-0.1, -0.05) is 31.2 Å². The maximum absolute atomic E-state index is 12.1. The second kappa shape index (κ2) is 5.84. The molecular weight excluding hydrogens is 244 g/mol. The second-order valence-electron chi connectivity index (χ2n) is 4.63. The Morgan fingerprint density at radius 1 is 1.37 bits per heavy atom. The molecule has 0 spiro atoms. The standard InChI is InChI=1S/C14H18N2O3/c1-2-15-8-13(17)16-9-11-6-4-3-5-10(11)7-12(16)14(18)19/h3-6,12,15H,2,7-9H2,1H3,(H,18,19)/t12-/m1/s1. The van der Waals surface area contributed by atoms with Crippen molar-refractivity contribution in [1.82, 2.24) is 10.2 Å². The number of hydrogen-bond acceptors (Lipinski definition) is 3. The highest BCUT2D eigenvalue weighted by atomic mass is 16.4. The molecule has 0 radical (unpaired) electrons. The van der Waals surface area contributed by atoms with Crippen LogP contribution >= 0.6 is 0 Å². The first kappa shape index (κ1) is 13.5. The Balaban J connectivity index is 2.21. The first-order valence-electron chi connectivity index (χ1n) is 6.43. The Hall–Kier alpha value is -1.88. The summed E-state index contributed by atoms with van der Waals surface area (Å²) < 4.78 is 0. The molecule has 1 aromatic carbocycles. The number of carboxylic acids is 1. The van der Waals surface area contributed by atoms with Crippen molar-refractivity contribution >= 4 is 11.9 Å². The van der Waals surface area contributed by atoms with Crippen molar-refractivity contribution in [2.45, 2.75) is 25.9 Å². The van der Waals surface area contributed by atoms with Gasteiger partial charge >= 0.3 is 5.97 Å². The van der Waals surface area contributed by atoms with Crippen molar-refractivity contribution in [1.29, 1.82) is 0 Å². The third-order valence-corrected chi connectivity index (χ3v) is 3.38. The van der Waals surface area contributed by atoms with Crippen molar-refractivity contribution in [2.24, 2.45) is 0 Å². The summed E-state index contributed by atoms with van der Waals surface area (Å²) in [4.78, 5) is 24.9. The largest absolute Gasteiger partial charge is 0.480 e. The van der Waals surface area contributed by atoms with Crippen LogP contribution in [-0.2, 0) is 22.6 Å². The number of amides is 1. The maximum Gasteiger partial charge on any atom is 0.326 e. The third-order valence-electron chi connectivity index (χ3n) is 3.38. The molecule has 0 saturated carbocycles. The fourth-order valence-corrected chi connectivity index (χ4v) is 2.34. The first-order chi connectivity index (χ1) is 9.13. The molecule has 1 atom stereocenters. The van der Waals surface area contributed by atoms with Gasteiger partial charge in [0.15, 0.2) is 0 Å². The SMILES string of the molecule is CCNCC(=O)N1Cc2ccccc2C[C@@H]1C(=O)O. The highest BCUT2D eigenvalue weighted by Crippen LogP contribution is 2.23. The fraction of sp³-hybridized carbons (Fsp3) is 0.429. The summed E-state index contributed by atoms with van der Waals surface area (Å²) in [5, 5.41) is 12.2. The van der Waals surface area contributed by atoms with E-state index in [0.717, 1.165) is 11.1 Å². The van der Waals surface area contributed by atoms with Gasteiger partial charge in [-0.05, 0) is 17.7 Å². The molecule has 1 aliphatic rings. The molecule has 0 bridgehead atoms. The summed E-state index contributed by atoms with van der Waals surface area (Å²) in [6.45, 7) is 3.15. The molecule has 19 heavy (non-hydrogen) atoms. The van der Waals surface area contributed by atoms with Gasteiger partial charge in [-0.15, -0.1) is 0 Å². The first-order valence-corrected chi connectivity index (χ1v) is 6.43. The maximum atomic E-state index is 12.1. The molecule has 0 aliphatic carbocycles. The van der Waals surface area contributed by atoms with Crippen LogP contribution < -0.4 is 5.32 Å². The average Bonchev–Trinajstić information content (AvgIpc) is 2.43. The number of nitrogens with one attached hydrogen (secondary N) is 1. The van der Waals surface area contributed by atoms with Gasteiger partial charge in [-0.2, -0.15) is 0 Å². The highest BCUT2D eigenvalue weighted by molar-refractivity contribution is 5.85. The van der Waals surface area contributed by atoms with E-state index in [1.807, 2.05) is 31.2 Å². The lowest BCUT2D eigenvalue weighted by atomic mass is 9.94. The molecule has 0 fully saturated rings. The summed E-state index contributed by atoms with van der Waals surface area (Å²) in [5.74, 6) is -1.11. The van der Waals surface area contributed by atoms with Crippen LogP contribution in [0.3, 0.4) is 0 Å². The molecule has 102 valence electrons. The van der Waals surface area contributed by atoms with Crippen molar-refractivity contribution in [3.63, 3.8) is 0 Å². The summed E-state index contributed by atoms with van der Waals surface area (Å²) in [6.07, 6.45) is 0.378. The zero-order valence-corrected chi connectivity index (χ0v) is 10.9. The second-order valence-corrected chi connectivity index (χ2v) is 4.63. The molecule has 1 aromatic rings. The minimum Gasteiger partial charge on any atom is -0.480 e. The Bertz CT molecular complexity index is 487. The molecular formula is C14H18N2O3. The molecule has 1 heterocycles. The molecule has 1 amide bonds. The van der Waals surface area contributed by atoms with Gasteiger partial charge in [-0.3, -0.25) is 4.79 Å². The number of nitrogens with zero attached hydrogens (tertiary/aromatic N) is 1. The lowest BCUT2D eigenvalue weighted by molar-refractivity contribution is -0.151. The molecule has 2 rings (SSSR count). The van der Waals surface area contributed by atoms with Crippen LogP contribution in [-0.4, -0.2) is 41.0 Å². The van der Waals surface area contributed by atoms with Gasteiger partial charge in [0.05, 0.1) is 6.54 Å². The number of carbonyl (C=O) groups excluding carboxylic acids is 1. The van der Waals surface area contributed by atoms with Crippen LogP contribution in [0.25, 0.3) is 0 Å². The topological polar surface area (TPSA) is 69.6 Å². The van der Waals surface area contributed by atoms with Crippen molar-refractivity contribution in [3.8, 4) is 0 Å². The van der Waals surface area contributed by atoms with E-state index in [4.69, 9.17) is 0 Å². The summed E-state index contributed by atoms with van der Waals surface area (Å²) in [6, 6.07) is 6.92. The lowest BCUT2D eigenvalue weighted by Crippen LogP contribution is -2.51. The number of aliphatic carboxylic acids is 1. The highest BCUT2D eigenvalue weighted by Gasteiger charge is 2.33. The fourth-order valence-electron chi connectivity index (χ4n) is 2.34. The smallest absolute Gasteiger partial charge is 0.326 e. The normalized spacial score (nSPS) is 17.9. The number of hydrogen-bond donors (Lipinski definition) is 2. The zero-order chi connectivity index (χ0) is 13.8. The van der Waals surface area contributed by atoms with E-state index in [0.29, 0.717) is 19.5 Å². The molecule has 5 nitrogen and oxygen atoms in total. The van der Waals surface area contributed by atoms with Crippen LogP contribution in [0, 0.1) is 0 Å². The van der Waals surface area contributed by atoms with E-state index >= 15 is 0 Å². The van der Waals surface area contributed by atoms with Gasteiger partial charge in [-0.25, -0.2) is 4.79 Å². The number of fused-ring (bicyclic) bond motifs is 1. The monoisotopic (exact) mass is 262 g/mol. The summed E-state index contributed by atoms with van der Waals surface area (Å²) >= 11 is 0. The molecule has 2 N–H and O–H groups in total. The number of rotatable bonds is 4. The average molecular weight is 262 g/mol. The van der Waals surface area contributed by atoms with Crippen molar-refractivity contribution < 1.29 is 14.7 Å². The Morgan fingerprint density at radius 3 is 2.68 bits per heavy atom. The van der Waals surface area contributed by atoms with Crippen LogP contribution in [0.4, 0.5) is 0 Å². The Morgan fingerprint density at radius 2 is 2.05 bits per heavy atom. The van der Waals surface area contributed by atoms with E-state index < -0.39 is 12.0 Å². The van der Waals surface area contributed by atoms with E-state index in [-0.39, 0.29) is 12.5 Å². The third kappa shape index (κ3) is 2.93. The lowest BCUT2D eigenvalue weighted by Gasteiger charge is -2.34. The molecule has 0 aromatic heterocycles. The van der Waals surface area contributed by atoms with Crippen LogP contribution in [0.15, 0.2) is 24.3 Å². The van der Waals surface area contributed by atoms with E-state index in [9.17, 15) is 14.7 Å². The zero-order valence-electron chi connectivity index (χ0n) is 10.9. The molecule has 0 unspecified atom stereocenters. The van der Waals surface area contributed by atoms with Gasteiger partial charge in [0.2, 0.25) is 5.91 Å². The predicted molar refractivity (Wildman–Crippen MR) is 70.7 cm³/mol. The van der Waals surface area contributed by atoms with Gasteiger partial charge in [0.1, 0.15) is 6.04 Å². The van der Waals surface area contributed by atoms with Gasteiger partial charge in [0.25, 0.3) is 0 Å². The van der Waals surface area contributed by atoms with Crippen molar-refractivity contribution in [2.75, 3.05) is 13.1 Å². The van der Waals surface area contributed by atoms with E-state index in [2.05, 4.69) is 5.32 Å². The summed E-state index contributed by atoms with van der Waals surface area (Å²) in [5.41, 5.74) is 2.05.